The van der Waals surface area contributed by atoms with Gasteiger partial charge in [0.1, 0.15) is 0 Å². The number of methoxy groups -OCH3 is 2. The van der Waals surface area contributed by atoms with E-state index in [2.05, 4.69) is 4.90 Å². The Bertz CT molecular complexity index is 757. The van der Waals surface area contributed by atoms with E-state index in [-0.39, 0.29) is 5.91 Å². The molecule has 0 radical (unpaired) electrons. The number of hydrogen-bond donors (Lipinski definition) is 0. The normalized spacial score (nSPS) is 11.0. The lowest BCUT2D eigenvalue weighted by Gasteiger charge is -2.23. The fraction of sp³-hybridized carbons (Fsp3) is 0.318. The van der Waals surface area contributed by atoms with Crippen LogP contribution >= 0.6 is 0 Å². The van der Waals surface area contributed by atoms with Crippen LogP contribution in [0.15, 0.2) is 54.6 Å². The van der Waals surface area contributed by atoms with E-state index in [0.29, 0.717) is 24.6 Å². The van der Waals surface area contributed by atoms with E-state index in [4.69, 9.17) is 9.47 Å². The predicted octanol–water partition coefficient (Wildman–Crippen LogP) is 3.31. The summed E-state index contributed by atoms with van der Waals surface area (Å²) in [5.41, 5.74) is 2.00. The third-order valence-electron chi connectivity index (χ3n) is 4.17. The zero-order valence-electron chi connectivity index (χ0n) is 16.5. The Morgan fingerprint density at radius 3 is 2.30 bits per heavy atom. The van der Waals surface area contributed by atoms with Crippen LogP contribution in [0.3, 0.4) is 0 Å². The summed E-state index contributed by atoms with van der Waals surface area (Å²) in [5.74, 6) is 1.29. The van der Waals surface area contributed by atoms with Crippen molar-refractivity contribution >= 4 is 12.0 Å². The summed E-state index contributed by atoms with van der Waals surface area (Å²) in [6.45, 7) is 2.06. The molecule has 1 amide bonds. The molecule has 0 spiro atoms. The zero-order valence-corrected chi connectivity index (χ0v) is 16.5. The first-order valence-corrected chi connectivity index (χ1v) is 8.91. The number of rotatable bonds is 9. The number of nitrogens with zero attached hydrogens (tertiary/aromatic N) is 2. The van der Waals surface area contributed by atoms with Gasteiger partial charge in [0.15, 0.2) is 11.5 Å². The van der Waals surface area contributed by atoms with Crippen molar-refractivity contribution < 1.29 is 14.3 Å². The molecule has 0 bridgehead atoms. The molecule has 0 unspecified atom stereocenters. The van der Waals surface area contributed by atoms with Gasteiger partial charge in [-0.15, -0.1) is 0 Å². The molecule has 5 nitrogen and oxygen atoms in total. The Labute approximate surface area is 161 Å². The van der Waals surface area contributed by atoms with Gasteiger partial charge in [0, 0.05) is 25.7 Å². The van der Waals surface area contributed by atoms with Crippen LogP contribution < -0.4 is 9.47 Å². The second kappa shape index (κ2) is 10.4. The third-order valence-corrected chi connectivity index (χ3v) is 4.17. The van der Waals surface area contributed by atoms with Gasteiger partial charge >= 0.3 is 0 Å². The maximum Gasteiger partial charge on any atom is 0.246 e. The summed E-state index contributed by atoms with van der Waals surface area (Å²) in [6.07, 6.45) is 3.41. The van der Waals surface area contributed by atoms with Gasteiger partial charge in [0.05, 0.1) is 14.2 Å². The number of carbonyl (C=O) groups excluding carboxylic acids is 1. The van der Waals surface area contributed by atoms with E-state index in [1.165, 1.54) is 0 Å². The van der Waals surface area contributed by atoms with Gasteiger partial charge in [-0.05, 0) is 43.4 Å². The van der Waals surface area contributed by atoms with Crippen molar-refractivity contribution in [2.75, 3.05) is 41.4 Å². The molecule has 0 aliphatic carbocycles. The van der Waals surface area contributed by atoms with E-state index in [9.17, 15) is 4.79 Å². The van der Waals surface area contributed by atoms with Gasteiger partial charge in [-0.3, -0.25) is 4.79 Å². The molecule has 0 saturated heterocycles. The zero-order chi connectivity index (χ0) is 19.6. The van der Waals surface area contributed by atoms with E-state index < -0.39 is 0 Å². The van der Waals surface area contributed by atoms with Crippen LogP contribution in [-0.2, 0) is 11.3 Å². The van der Waals surface area contributed by atoms with Gasteiger partial charge in [0.25, 0.3) is 0 Å². The number of likely N-dealkylation sites (N-methyl/N-ethyl adjacent to an activating group) is 1. The number of carbonyl (C=O) groups is 1. The lowest BCUT2D eigenvalue weighted by molar-refractivity contribution is -0.126. The highest BCUT2D eigenvalue weighted by atomic mass is 16.5. The van der Waals surface area contributed by atoms with Crippen LogP contribution in [0.25, 0.3) is 6.08 Å². The Balaban J connectivity index is 2.12. The minimum Gasteiger partial charge on any atom is -0.493 e. The van der Waals surface area contributed by atoms with E-state index in [0.717, 1.165) is 17.7 Å². The summed E-state index contributed by atoms with van der Waals surface area (Å²) >= 11 is 0. The molecule has 5 heteroatoms. The fourth-order valence-corrected chi connectivity index (χ4v) is 2.62. The topological polar surface area (TPSA) is 42.0 Å². The van der Waals surface area contributed by atoms with Crippen molar-refractivity contribution in [3.63, 3.8) is 0 Å². The number of ether oxygens (including phenoxy) is 2. The third kappa shape index (κ3) is 6.46. The van der Waals surface area contributed by atoms with Crippen molar-refractivity contribution in [1.29, 1.82) is 0 Å². The minimum atomic E-state index is -0.0181. The molecule has 0 N–H and O–H groups in total. The maximum absolute atomic E-state index is 12.8. The number of hydrogen-bond acceptors (Lipinski definition) is 4. The SMILES string of the molecule is COc1ccc(C=CC(=O)N(CCN(C)C)Cc2ccccc2)cc1OC. The van der Waals surface area contributed by atoms with Crippen molar-refractivity contribution in [3.05, 3.63) is 65.7 Å². The van der Waals surface area contributed by atoms with Crippen LogP contribution in [0.1, 0.15) is 11.1 Å². The highest BCUT2D eigenvalue weighted by Crippen LogP contribution is 2.28. The highest BCUT2D eigenvalue weighted by Gasteiger charge is 2.12. The van der Waals surface area contributed by atoms with Gasteiger partial charge < -0.3 is 19.3 Å². The van der Waals surface area contributed by atoms with Crippen LogP contribution in [0.2, 0.25) is 0 Å². The molecule has 0 atom stereocenters. The van der Waals surface area contributed by atoms with Crippen molar-refractivity contribution in [1.82, 2.24) is 9.80 Å². The van der Waals surface area contributed by atoms with Crippen LogP contribution in [-0.4, -0.2) is 57.1 Å². The van der Waals surface area contributed by atoms with Crippen LogP contribution in [0, 0.1) is 0 Å². The van der Waals surface area contributed by atoms with Crippen molar-refractivity contribution in [2.24, 2.45) is 0 Å². The minimum absolute atomic E-state index is 0.0181. The second-order valence-corrected chi connectivity index (χ2v) is 6.50. The maximum atomic E-state index is 12.8. The molecular formula is C22H28N2O3. The molecule has 27 heavy (non-hydrogen) atoms. The molecule has 0 saturated carbocycles. The van der Waals surface area contributed by atoms with Crippen molar-refractivity contribution in [2.45, 2.75) is 6.54 Å². The summed E-state index contributed by atoms with van der Waals surface area (Å²) in [7, 11) is 7.21. The predicted molar refractivity (Wildman–Crippen MR) is 109 cm³/mol. The quantitative estimate of drug-likeness (QED) is 0.637. The molecular weight excluding hydrogens is 340 g/mol. The first kappa shape index (κ1) is 20.5. The van der Waals surface area contributed by atoms with Gasteiger partial charge in [-0.1, -0.05) is 36.4 Å². The van der Waals surface area contributed by atoms with Crippen LogP contribution in [0.5, 0.6) is 11.5 Å². The van der Waals surface area contributed by atoms with Crippen molar-refractivity contribution in [3.8, 4) is 11.5 Å². The van der Waals surface area contributed by atoms with Gasteiger partial charge in [-0.25, -0.2) is 0 Å². The Morgan fingerprint density at radius 2 is 1.67 bits per heavy atom. The molecule has 0 aliphatic rings. The average molecular weight is 368 g/mol. The lowest BCUT2D eigenvalue weighted by atomic mass is 10.1. The number of amides is 1. The first-order chi connectivity index (χ1) is 13.0. The molecule has 0 heterocycles. The van der Waals surface area contributed by atoms with Gasteiger partial charge in [0.2, 0.25) is 5.91 Å². The van der Waals surface area contributed by atoms with E-state index >= 15 is 0 Å². The summed E-state index contributed by atoms with van der Waals surface area (Å²) in [6, 6.07) is 15.6. The number of benzene rings is 2. The molecule has 2 aromatic rings. The van der Waals surface area contributed by atoms with E-state index in [1.807, 2.05) is 67.5 Å². The lowest BCUT2D eigenvalue weighted by Crippen LogP contribution is -2.35. The van der Waals surface area contributed by atoms with Crippen LogP contribution in [0.4, 0.5) is 0 Å². The standard InChI is InChI=1S/C22H28N2O3/c1-23(2)14-15-24(17-19-8-6-5-7-9-19)22(25)13-11-18-10-12-20(26-3)21(16-18)27-4/h5-13,16H,14-15,17H2,1-4H3. The fourth-order valence-electron chi connectivity index (χ4n) is 2.62. The largest absolute Gasteiger partial charge is 0.493 e. The Hall–Kier alpha value is -2.79. The molecule has 2 aromatic carbocycles. The molecule has 0 fully saturated rings. The summed E-state index contributed by atoms with van der Waals surface area (Å²) in [4.78, 5) is 16.7. The summed E-state index contributed by atoms with van der Waals surface area (Å²) in [5, 5.41) is 0. The first-order valence-electron chi connectivity index (χ1n) is 8.91. The van der Waals surface area contributed by atoms with Gasteiger partial charge in [-0.2, -0.15) is 0 Å². The molecule has 2 rings (SSSR count). The Morgan fingerprint density at radius 1 is 0.963 bits per heavy atom. The molecule has 0 aliphatic heterocycles. The monoisotopic (exact) mass is 368 g/mol. The smallest absolute Gasteiger partial charge is 0.246 e. The molecule has 0 aromatic heterocycles. The molecule has 144 valence electrons. The summed E-state index contributed by atoms with van der Waals surface area (Å²) < 4.78 is 10.6. The second-order valence-electron chi connectivity index (χ2n) is 6.50. The highest BCUT2D eigenvalue weighted by molar-refractivity contribution is 5.91. The Kier molecular flexibility index (Phi) is 7.89. The van der Waals surface area contributed by atoms with E-state index in [1.54, 1.807) is 26.4 Å². The average Bonchev–Trinajstić information content (AvgIpc) is 2.69.